The Morgan fingerprint density at radius 3 is 2.48 bits per heavy atom. The number of piperidine rings is 1. The lowest BCUT2D eigenvalue weighted by atomic mass is 9.94. The van der Waals surface area contributed by atoms with Gasteiger partial charge in [0, 0.05) is 50.6 Å². The Bertz CT molecular complexity index is 726. The van der Waals surface area contributed by atoms with E-state index < -0.39 is 0 Å². The Labute approximate surface area is 173 Å². The Kier molecular flexibility index (Phi) is 7.67. The maximum absolute atomic E-state index is 13.1. The number of benzene rings is 1. The summed E-state index contributed by atoms with van der Waals surface area (Å²) in [6.07, 6.45) is 5.93. The summed E-state index contributed by atoms with van der Waals surface area (Å²) >= 11 is 0. The van der Waals surface area contributed by atoms with Crippen LogP contribution >= 0.6 is 0 Å². The van der Waals surface area contributed by atoms with Gasteiger partial charge in [0.05, 0.1) is 0 Å². The largest absolute Gasteiger partial charge is 0.356 e. The fraction of sp³-hybridized carbons (Fsp3) is 0.609. The van der Waals surface area contributed by atoms with E-state index in [4.69, 9.17) is 0 Å². The van der Waals surface area contributed by atoms with E-state index in [-0.39, 0.29) is 23.6 Å². The zero-order chi connectivity index (χ0) is 20.6. The molecule has 0 atom stereocenters. The molecule has 0 aromatic heterocycles. The summed E-state index contributed by atoms with van der Waals surface area (Å²) in [5.41, 5.74) is 1.79. The van der Waals surface area contributed by atoms with Crippen molar-refractivity contribution in [3.63, 3.8) is 0 Å². The van der Waals surface area contributed by atoms with Crippen molar-refractivity contribution in [1.29, 1.82) is 0 Å². The average Bonchev–Trinajstić information content (AvgIpc) is 2.78. The van der Waals surface area contributed by atoms with E-state index in [1.54, 1.807) is 0 Å². The van der Waals surface area contributed by atoms with Crippen LogP contribution in [0.1, 0.15) is 60.9 Å². The summed E-state index contributed by atoms with van der Waals surface area (Å²) in [7, 11) is 0. The first kappa shape index (κ1) is 21.3. The predicted octanol–water partition coefficient (Wildman–Crippen LogP) is 2.76. The molecule has 2 aliphatic rings. The fourth-order valence-corrected chi connectivity index (χ4v) is 4.21. The summed E-state index contributed by atoms with van der Waals surface area (Å²) < 4.78 is 0. The van der Waals surface area contributed by atoms with E-state index in [1.807, 2.05) is 41.0 Å². The van der Waals surface area contributed by atoms with E-state index in [1.165, 1.54) is 0 Å². The maximum atomic E-state index is 13.1. The van der Waals surface area contributed by atoms with Crippen LogP contribution in [-0.4, -0.2) is 60.2 Å². The predicted molar refractivity (Wildman–Crippen MR) is 112 cm³/mol. The van der Waals surface area contributed by atoms with Crippen molar-refractivity contribution >= 4 is 17.7 Å². The Morgan fingerprint density at radius 1 is 0.966 bits per heavy atom. The lowest BCUT2D eigenvalue weighted by Gasteiger charge is -2.34. The number of hydrogen-bond acceptors (Lipinski definition) is 3. The highest BCUT2D eigenvalue weighted by molar-refractivity contribution is 5.94. The molecule has 0 radical (unpaired) electrons. The molecule has 2 saturated heterocycles. The van der Waals surface area contributed by atoms with E-state index >= 15 is 0 Å². The number of aryl methyl sites for hydroxylation is 1. The van der Waals surface area contributed by atoms with Crippen molar-refractivity contribution in [3.8, 4) is 0 Å². The van der Waals surface area contributed by atoms with Crippen LogP contribution in [0.2, 0.25) is 0 Å². The first-order chi connectivity index (χ1) is 14.0. The molecule has 158 valence electrons. The van der Waals surface area contributed by atoms with Crippen LogP contribution in [0, 0.1) is 12.8 Å². The number of hydrogen-bond donors (Lipinski definition) is 1. The molecule has 2 fully saturated rings. The van der Waals surface area contributed by atoms with Crippen LogP contribution in [0.15, 0.2) is 24.3 Å². The second-order valence-corrected chi connectivity index (χ2v) is 8.28. The quantitative estimate of drug-likeness (QED) is 0.831. The lowest BCUT2D eigenvalue weighted by Crippen LogP contribution is -2.45. The summed E-state index contributed by atoms with van der Waals surface area (Å²) in [5, 5.41) is 2.94. The minimum absolute atomic E-state index is 0.0308. The van der Waals surface area contributed by atoms with Crippen molar-refractivity contribution in [2.24, 2.45) is 5.92 Å². The summed E-state index contributed by atoms with van der Waals surface area (Å²) in [6, 6.07) is 7.66. The Hall–Kier alpha value is -2.37. The van der Waals surface area contributed by atoms with Gasteiger partial charge in [-0.25, -0.2) is 0 Å². The molecule has 2 heterocycles. The molecular weight excluding hydrogens is 366 g/mol. The number of carbonyl (C=O) groups excluding carboxylic acids is 3. The first-order valence-corrected chi connectivity index (χ1v) is 11.0. The molecule has 1 aromatic carbocycles. The van der Waals surface area contributed by atoms with Crippen LogP contribution in [0.3, 0.4) is 0 Å². The highest BCUT2D eigenvalue weighted by Crippen LogP contribution is 2.22. The molecule has 6 nitrogen and oxygen atoms in total. The second-order valence-electron chi connectivity index (χ2n) is 8.28. The average molecular weight is 400 g/mol. The summed E-state index contributed by atoms with van der Waals surface area (Å²) in [4.78, 5) is 41.5. The standard InChI is InChI=1S/C23H33N3O3/c1-18-7-6-8-20(17-18)23(29)26-14-9-19(10-15-26)22(28)25-13-5-3-2-4-12-24-21(27)11-16-25/h6-8,17,19H,2-5,9-16H2,1H3,(H,24,27). The molecule has 0 bridgehead atoms. The molecule has 0 unspecified atom stereocenters. The van der Waals surface area contributed by atoms with Crippen molar-refractivity contribution in [1.82, 2.24) is 15.1 Å². The van der Waals surface area contributed by atoms with Gasteiger partial charge in [-0.3, -0.25) is 14.4 Å². The van der Waals surface area contributed by atoms with Crippen LogP contribution in [-0.2, 0) is 9.59 Å². The van der Waals surface area contributed by atoms with E-state index in [2.05, 4.69) is 5.32 Å². The van der Waals surface area contributed by atoms with Crippen LogP contribution in [0.4, 0.5) is 0 Å². The molecule has 0 spiro atoms. The zero-order valence-electron chi connectivity index (χ0n) is 17.5. The van der Waals surface area contributed by atoms with Crippen molar-refractivity contribution in [2.75, 3.05) is 32.7 Å². The topological polar surface area (TPSA) is 69.7 Å². The van der Waals surface area contributed by atoms with Gasteiger partial charge in [-0.05, 0) is 44.7 Å². The number of carbonyl (C=O) groups is 3. The summed E-state index contributed by atoms with van der Waals surface area (Å²) in [6.45, 7) is 5.16. The van der Waals surface area contributed by atoms with Gasteiger partial charge in [-0.1, -0.05) is 30.5 Å². The number of amides is 3. The number of nitrogens with zero attached hydrogens (tertiary/aromatic N) is 2. The van der Waals surface area contributed by atoms with Gasteiger partial charge in [0.15, 0.2) is 0 Å². The normalized spacial score (nSPS) is 20.0. The van der Waals surface area contributed by atoms with Gasteiger partial charge >= 0.3 is 0 Å². The maximum Gasteiger partial charge on any atom is 0.253 e. The molecular formula is C23H33N3O3. The SMILES string of the molecule is Cc1cccc(C(=O)N2CCC(C(=O)N3CCCCCCNC(=O)CC3)CC2)c1. The minimum Gasteiger partial charge on any atom is -0.356 e. The molecule has 3 amide bonds. The highest BCUT2D eigenvalue weighted by atomic mass is 16.2. The van der Waals surface area contributed by atoms with Crippen LogP contribution < -0.4 is 5.32 Å². The van der Waals surface area contributed by atoms with Crippen molar-refractivity contribution in [2.45, 2.75) is 51.9 Å². The minimum atomic E-state index is -0.0512. The van der Waals surface area contributed by atoms with Gasteiger partial charge in [-0.15, -0.1) is 0 Å². The zero-order valence-corrected chi connectivity index (χ0v) is 17.5. The number of rotatable bonds is 2. The molecule has 2 aliphatic heterocycles. The van der Waals surface area contributed by atoms with E-state index in [9.17, 15) is 14.4 Å². The summed E-state index contributed by atoms with van der Waals surface area (Å²) in [5.74, 6) is 0.180. The Morgan fingerprint density at radius 2 is 1.72 bits per heavy atom. The first-order valence-electron chi connectivity index (χ1n) is 11.0. The third kappa shape index (κ3) is 6.05. The van der Waals surface area contributed by atoms with Crippen molar-refractivity contribution in [3.05, 3.63) is 35.4 Å². The third-order valence-corrected chi connectivity index (χ3v) is 5.99. The van der Waals surface area contributed by atoms with E-state index in [0.717, 1.165) is 44.3 Å². The molecule has 3 rings (SSSR count). The third-order valence-electron chi connectivity index (χ3n) is 5.99. The van der Waals surface area contributed by atoms with Gasteiger partial charge < -0.3 is 15.1 Å². The smallest absolute Gasteiger partial charge is 0.253 e. The molecule has 0 saturated carbocycles. The lowest BCUT2D eigenvalue weighted by molar-refractivity contribution is -0.137. The number of nitrogens with one attached hydrogen (secondary N) is 1. The highest BCUT2D eigenvalue weighted by Gasteiger charge is 2.30. The second kappa shape index (κ2) is 10.4. The Balaban J connectivity index is 1.55. The van der Waals surface area contributed by atoms with E-state index in [0.29, 0.717) is 44.5 Å². The number of likely N-dealkylation sites (tertiary alicyclic amines) is 1. The molecule has 6 heteroatoms. The molecule has 29 heavy (non-hydrogen) atoms. The molecule has 1 aromatic rings. The van der Waals surface area contributed by atoms with Gasteiger partial charge in [0.25, 0.3) is 5.91 Å². The van der Waals surface area contributed by atoms with Crippen molar-refractivity contribution < 1.29 is 14.4 Å². The molecule has 0 aliphatic carbocycles. The van der Waals surface area contributed by atoms with Gasteiger partial charge in [0.2, 0.25) is 11.8 Å². The molecule has 1 N–H and O–H groups in total. The van der Waals surface area contributed by atoms with Gasteiger partial charge in [0.1, 0.15) is 0 Å². The fourth-order valence-electron chi connectivity index (χ4n) is 4.21. The van der Waals surface area contributed by atoms with Crippen LogP contribution in [0.25, 0.3) is 0 Å². The monoisotopic (exact) mass is 399 g/mol. The van der Waals surface area contributed by atoms with Crippen LogP contribution in [0.5, 0.6) is 0 Å². The van der Waals surface area contributed by atoms with Gasteiger partial charge in [-0.2, -0.15) is 0 Å².